The van der Waals surface area contributed by atoms with Crippen LogP contribution in [-0.4, -0.2) is 43.1 Å². The fraction of sp³-hybridized carbons (Fsp3) is 0.529. The minimum atomic E-state index is -0.349. The highest BCUT2D eigenvalue weighted by Crippen LogP contribution is 2.11. The van der Waals surface area contributed by atoms with Gasteiger partial charge < -0.3 is 9.47 Å². The van der Waals surface area contributed by atoms with Crippen molar-refractivity contribution in [2.75, 3.05) is 20.3 Å². The molecule has 5 heteroatoms. The minimum absolute atomic E-state index is 0.233. The fourth-order valence-corrected chi connectivity index (χ4v) is 2.17. The van der Waals surface area contributed by atoms with Crippen molar-refractivity contribution in [2.24, 2.45) is 0 Å². The monoisotopic (exact) mass is 307 g/mol. The van der Waals surface area contributed by atoms with E-state index < -0.39 is 0 Å². The second-order valence-corrected chi connectivity index (χ2v) is 5.06. The van der Waals surface area contributed by atoms with Gasteiger partial charge in [-0.3, -0.25) is 14.5 Å². The van der Waals surface area contributed by atoms with Crippen molar-refractivity contribution in [1.82, 2.24) is 4.90 Å². The Morgan fingerprint density at radius 2 is 1.91 bits per heavy atom. The molecule has 0 spiro atoms. The van der Waals surface area contributed by atoms with E-state index in [-0.39, 0.29) is 18.0 Å². The molecule has 0 amide bonds. The second-order valence-electron chi connectivity index (χ2n) is 5.06. The van der Waals surface area contributed by atoms with Gasteiger partial charge in [0.15, 0.2) is 0 Å². The minimum Gasteiger partial charge on any atom is -0.469 e. The Bertz CT molecular complexity index is 461. The molecule has 0 aliphatic rings. The lowest BCUT2D eigenvalue weighted by atomic mass is 10.1. The Hall–Kier alpha value is -1.88. The molecule has 0 fully saturated rings. The van der Waals surface area contributed by atoms with Gasteiger partial charge in [0, 0.05) is 13.0 Å². The van der Waals surface area contributed by atoms with Crippen molar-refractivity contribution in [2.45, 2.75) is 39.3 Å². The molecule has 1 atom stereocenters. The van der Waals surface area contributed by atoms with Crippen molar-refractivity contribution in [3.05, 3.63) is 35.9 Å². The van der Waals surface area contributed by atoms with Gasteiger partial charge in [-0.05, 0) is 32.4 Å². The van der Waals surface area contributed by atoms with Crippen LogP contribution in [-0.2, 0) is 25.6 Å². The number of esters is 2. The van der Waals surface area contributed by atoms with Gasteiger partial charge in [0.25, 0.3) is 0 Å². The molecule has 1 rings (SSSR count). The Morgan fingerprint density at radius 3 is 2.50 bits per heavy atom. The quantitative estimate of drug-likeness (QED) is 0.656. The highest BCUT2D eigenvalue weighted by Gasteiger charge is 2.22. The van der Waals surface area contributed by atoms with Gasteiger partial charge >= 0.3 is 11.9 Å². The molecule has 22 heavy (non-hydrogen) atoms. The molecule has 0 saturated heterocycles. The average molecular weight is 307 g/mol. The van der Waals surface area contributed by atoms with Crippen molar-refractivity contribution < 1.29 is 19.1 Å². The number of carbonyl (C=O) groups excluding carboxylic acids is 2. The van der Waals surface area contributed by atoms with Gasteiger partial charge in [-0.25, -0.2) is 0 Å². The number of benzene rings is 1. The zero-order valence-corrected chi connectivity index (χ0v) is 13.6. The number of carbonyl (C=O) groups is 2. The van der Waals surface area contributed by atoms with Crippen molar-refractivity contribution in [3.8, 4) is 0 Å². The normalized spacial score (nSPS) is 12.0. The lowest BCUT2D eigenvalue weighted by Gasteiger charge is -2.27. The highest BCUT2D eigenvalue weighted by molar-refractivity contribution is 5.75. The molecular weight excluding hydrogens is 282 g/mol. The van der Waals surface area contributed by atoms with E-state index in [0.29, 0.717) is 32.5 Å². The number of methoxy groups -OCH3 is 1. The molecule has 0 saturated carbocycles. The van der Waals surface area contributed by atoms with Gasteiger partial charge in [0.2, 0.25) is 0 Å². The summed E-state index contributed by atoms with van der Waals surface area (Å²) in [7, 11) is 1.38. The first-order valence-electron chi connectivity index (χ1n) is 7.59. The summed E-state index contributed by atoms with van der Waals surface area (Å²) in [5.74, 6) is -0.472. The van der Waals surface area contributed by atoms with E-state index in [1.807, 2.05) is 42.2 Å². The molecule has 0 N–H and O–H groups in total. The number of nitrogens with zero attached hydrogens (tertiary/aromatic N) is 1. The summed E-state index contributed by atoms with van der Waals surface area (Å²) in [6.45, 7) is 5.26. The molecule has 0 heterocycles. The summed E-state index contributed by atoms with van der Waals surface area (Å²) >= 11 is 0. The van der Waals surface area contributed by atoms with Crippen LogP contribution in [0.25, 0.3) is 0 Å². The third-order valence-corrected chi connectivity index (χ3v) is 3.46. The van der Waals surface area contributed by atoms with E-state index >= 15 is 0 Å². The third kappa shape index (κ3) is 6.26. The first-order chi connectivity index (χ1) is 10.6. The molecule has 1 aromatic rings. The van der Waals surface area contributed by atoms with Crippen LogP contribution < -0.4 is 0 Å². The highest BCUT2D eigenvalue weighted by atomic mass is 16.5. The fourth-order valence-electron chi connectivity index (χ4n) is 2.17. The van der Waals surface area contributed by atoms with Crippen LogP contribution in [0.4, 0.5) is 0 Å². The van der Waals surface area contributed by atoms with Gasteiger partial charge in [0.1, 0.15) is 6.04 Å². The van der Waals surface area contributed by atoms with Crippen LogP contribution in [0.5, 0.6) is 0 Å². The van der Waals surface area contributed by atoms with Crippen LogP contribution in [0.15, 0.2) is 30.3 Å². The molecule has 0 aliphatic heterocycles. The van der Waals surface area contributed by atoms with Gasteiger partial charge in [0.05, 0.1) is 13.7 Å². The molecule has 5 nitrogen and oxygen atoms in total. The lowest BCUT2D eigenvalue weighted by Crippen LogP contribution is -2.40. The predicted molar refractivity (Wildman–Crippen MR) is 84.2 cm³/mol. The maximum Gasteiger partial charge on any atom is 0.323 e. The van der Waals surface area contributed by atoms with Crippen LogP contribution in [0.1, 0.15) is 32.3 Å². The van der Waals surface area contributed by atoms with Crippen LogP contribution in [0.3, 0.4) is 0 Å². The topological polar surface area (TPSA) is 55.8 Å². The maximum absolute atomic E-state index is 12.0. The van der Waals surface area contributed by atoms with E-state index in [0.717, 1.165) is 5.56 Å². The largest absolute Gasteiger partial charge is 0.469 e. The van der Waals surface area contributed by atoms with Crippen molar-refractivity contribution in [3.63, 3.8) is 0 Å². The Labute approximate surface area is 132 Å². The second kappa shape index (κ2) is 9.95. The standard InChI is InChI=1S/C17H25NO4/c1-4-22-17(20)14(2)18(12-8-11-16(19)21-3)13-15-9-6-5-7-10-15/h5-7,9-10,14H,4,8,11-13H2,1-3H3. The first kappa shape index (κ1) is 18.2. The summed E-state index contributed by atoms with van der Waals surface area (Å²) < 4.78 is 9.75. The van der Waals surface area contributed by atoms with Crippen LogP contribution in [0.2, 0.25) is 0 Å². The number of hydrogen-bond acceptors (Lipinski definition) is 5. The van der Waals surface area contributed by atoms with Gasteiger partial charge in [-0.15, -0.1) is 0 Å². The van der Waals surface area contributed by atoms with Gasteiger partial charge in [-0.1, -0.05) is 30.3 Å². The maximum atomic E-state index is 12.0. The third-order valence-electron chi connectivity index (χ3n) is 3.46. The summed E-state index contributed by atoms with van der Waals surface area (Å²) in [6, 6.07) is 9.59. The summed E-state index contributed by atoms with van der Waals surface area (Å²) in [6.07, 6.45) is 0.987. The molecular formula is C17H25NO4. The number of hydrogen-bond donors (Lipinski definition) is 0. The molecule has 0 aliphatic carbocycles. The van der Waals surface area contributed by atoms with Crippen LogP contribution in [0, 0.1) is 0 Å². The summed E-state index contributed by atoms with van der Waals surface area (Å²) in [5, 5.41) is 0. The Morgan fingerprint density at radius 1 is 1.23 bits per heavy atom. The Balaban J connectivity index is 2.67. The molecule has 1 unspecified atom stereocenters. The molecule has 0 aromatic heterocycles. The lowest BCUT2D eigenvalue weighted by molar-refractivity contribution is -0.149. The zero-order chi connectivity index (χ0) is 16.4. The molecule has 0 bridgehead atoms. The summed E-state index contributed by atoms with van der Waals surface area (Å²) in [4.78, 5) is 25.2. The predicted octanol–water partition coefficient (Wildman–Crippen LogP) is 2.39. The molecule has 0 radical (unpaired) electrons. The summed E-state index contributed by atoms with van der Waals surface area (Å²) in [5.41, 5.74) is 1.12. The van der Waals surface area contributed by atoms with Crippen LogP contribution >= 0.6 is 0 Å². The van der Waals surface area contributed by atoms with Crippen molar-refractivity contribution in [1.29, 1.82) is 0 Å². The van der Waals surface area contributed by atoms with E-state index in [4.69, 9.17) is 4.74 Å². The first-order valence-corrected chi connectivity index (χ1v) is 7.59. The molecule has 1 aromatic carbocycles. The molecule has 122 valence electrons. The Kier molecular flexibility index (Phi) is 8.22. The zero-order valence-electron chi connectivity index (χ0n) is 13.6. The van der Waals surface area contributed by atoms with Crippen molar-refractivity contribution >= 4 is 11.9 Å². The smallest absolute Gasteiger partial charge is 0.323 e. The SMILES string of the molecule is CCOC(=O)C(C)N(CCCC(=O)OC)Cc1ccccc1. The average Bonchev–Trinajstić information content (AvgIpc) is 2.54. The van der Waals surface area contributed by atoms with E-state index in [9.17, 15) is 9.59 Å². The number of rotatable bonds is 9. The van der Waals surface area contributed by atoms with E-state index in [2.05, 4.69) is 4.74 Å². The number of ether oxygens (including phenoxy) is 2. The van der Waals surface area contributed by atoms with Gasteiger partial charge in [-0.2, -0.15) is 0 Å². The van der Waals surface area contributed by atoms with E-state index in [1.165, 1.54) is 7.11 Å². The van der Waals surface area contributed by atoms with E-state index in [1.54, 1.807) is 6.92 Å².